The fraction of sp³-hybridized carbons (Fsp3) is 0.304. The van der Waals surface area contributed by atoms with E-state index in [2.05, 4.69) is 48.6 Å². The van der Waals surface area contributed by atoms with Crippen LogP contribution in [0.15, 0.2) is 60.7 Å². The molecule has 2 nitrogen and oxygen atoms in total. The second-order valence-electron chi connectivity index (χ2n) is 6.56. The summed E-state index contributed by atoms with van der Waals surface area (Å²) in [5, 5.41) is 6.82. The molecule has 4 heteroatoms. The summed E-state index contributed by atoms with van der Waals surface area (Å²) in [7, 11) is 0. The largest absolute Gasteiger partial charge is 0.489 e. The zero-order chi connectivity index (χ0) is 18.2. The molecule has 0 saturated heterocycles. The summed E-state index contributed by atoms with van der Waals surface area (Å²) >= 11 is 5.96. The standard InChI is InChI=1S/C23H26ClNO.ClH/c1-2-3-6-15-25-16-22-21-8-5-4-7-19(21)11-14-23(22)26-17-18-9-12-20(24)13-10-18;/h4-5,7-14,25H,2-3,6,15-17H2,1H3;1H. The Hall–Kier alpha value is -1.74. The lowest BCUT2D eigenvalue weighted by Crippen LogP contribution is -2.15. The van der Waals surface area contributed by atoms with Gasteiger partial charge in [-0.3, -0.25) is 0 Å². The van der Waals surface area contributed by atoms with Gasteiger partial charge in [-0.1, -0.05) is 73.8 Å². The summed E-state index contributed by atoms with van der Waals surface area (Å²) in [6.07, 6.45) is 3.72. The molecule has 0 aliphatic carbocycles. The summed E-state index contributed by atoms with van der Waals surface area (Å²) < 4.78 is 6.17. The van der Waals surface area contributed by atoms with E-state index in [-0.39, 0.29) is 12.4 Å². The Morgan fingerprint density at radius 2 is 1.70 bits per heavy atom. The normalized spacial score (nSPS) is 10.6. The van der Waals surface area contributed by atoms with Gasteiger partial charge in [0.1, 0.15) is 12.4 Å². The first-order valence-corrected chi connectivity index (χ1v) is 9.74. The van der Waals surface area contributed by atoms with Gasteiger partial charge in [-0.2, -0.15) is 0 Å². The number of halogens is 2. The molecule has 0 aliphatic rings. The van der Waals surface area contributed by atoms with Crippen LogP contribution in [0.3, 0.4) is 0 Å². The molecule has 3 aromatic rings. The Labute approximate surface area is 173 Å². The number of hydrogen-bond acceptors (Lipinski definition) is 2. The van der Waals surface area contributed by atoms with Gasteiger partial charge in [-0.25, -0.2) is 0 Å². The van der Waals surface area contributed by atoms with E-state index in [1.807, 2.05) is 24.3 Å². The lowest BCUT2D eigenvalue weighted by Gasteiger charge is -2.15. The smallest absolute Gasteiger partial charge is 0.124 e. The molecule has 0 aliphatic heterocycles. The highest BCUT2D eigenvalue weighted by Gasteiger charge is 2.09. The van der Waals surface area contributed by atoms with Gasteiger partial charge in [0.2, 0.25) is 0 Å². The Kier molecular flexibility index (Phi) is 8.93. The quantitative estimate of drug-likeness (QED) is 0.397. The van der Waals surface area contributed by atoms with Crippen LogP contribution in [0, 0.1) is 0 Å². The maximum absolute atomic E-state index is 6.17. The third kappa shape index (κ3) is 6.14. The van der Waals surface area contributed by atoms with Crippen LogP contribution in [0.4, 0.5) is 0 Å². The first kappa shape index (κ1) is 21.6. The minimum absolute atomic E-state index is 0. The molecular formula is C23H27Cl2NO. The molecule has 0 radical (unpaired) electrons. The Morgan fingerprint density at radius 3 is 2.48 bits per heavy atom. The first-order chi connectivity index (χ1) is 12.8. The van der Waals surface area contributed by atoms with Crippen LogP contribution in [-0.4, -0.2) is 6.54 Å². The highest BCUT2D eigenvalue weighted by Crippen LogP contribution is 2.29. The van der Waals surface area contributed by atoms with Crippen molar-refractivity contribution in [2.45, 2.75) is 39.3 Å². The van der Waals surface area contributed by atoms with Crippen molar-refractivity contribution >= 4 is 34.8 Å². The van der Waals surface area contributed by atoms with E-state index in [0.29, 0.717) is 6.61 Å². The van der Waals surface area contributed by atoms with Crippen molar-refractivity contribution in [3.63, 3.8) is 0 Å². The van der Waals surface area contributed by atoms with Crippen molar-refractivity contribution in [1.29, 1.82) is 0 Å². The van der Waals surface area contributed by atoms with Crippen molar-refractivity contribution in [3.8, 4) is 5.75 Å². The van der Waals surface area contributed by atoms with Crippen molar-refractivity contribution in [3.05, 3.63) is 76.8 Å². The van der Waals surface area contributed by atoms with Gasteiger partial charge in [0.15, 0.2) is 0 Å². The lowest BCUT2D eigenvalue weighted by atomic mass is 10.0. The van der Waals surface area contributed by atoms with Crippen molar-refractivity contribution in [1.82, 2.24) is 5.32 Å². The predicted octanol–water partition coefficient (Wildman–Crippen LogP) is 6.77. The van der Waals surface area contributed by atoms with E-state index >= 15 is 0 Å². The van der Waals surface area contributed by atoms with Crippen molar-refractivity contribution in [2.75, 3.05) is 6.54 Å². The van der Waals surface area contributed by atoms with Crippen molar-refractivity contribution < 1.29 is 4.74 Å². The van der Waals surface area contributed by atoms with E-state index in [1.54, 1.807) is 0 Å². The highest BCUT2D eigenvalue weighted by molar-refractivity contribution is 6.30. The number of hydrogen-bond donors (Lipinski definition) is 1. The van der Waals surface area contributed by atoms with Gasteiger partial charge in [-0.15, -0.1) is 12.4 Å². The molecule has 0 bridgehead atoms. The SMILES string of the molecule is CCCCCNCc1c(OCc2ccc(Cl)cc2)ccc2ccccc12.Cl. The number of rotatable bonds is 9. The molecule has 0 unspecified atom stereocenters. The second kappa shape index (κ2) is 11.2. The summed E-state index contributed by atoms with van der Waals surface area (Å²) in [5.41, 5.74) is 2.35. The van der Waals surface area contributed by atoms with Gasteiger partial charge in [-0.05, 0) is 47.5 Å². The van der Waals surface area contributed by atoms with Gasteiger partial charge in [0.25, 0.3) is 0 Å². The summed E-state index contributed by atoms with van der Waals surface area (Å²) in [6, 6.07) is 20.5. The number of unbranched alkanes of at least 4 members (excludes halogenated alkanes) is 2. The van der Waals surface area contributed by atoms with Gasteiger partial charge >= 0.3 is 0 Å². The maximum Gasteiger partial charge on any atom is 0.124 e. The third-order valence-corrected chi connectivity index (χ3v) is 4.82. The molecule has 3 rings (SSSR count). The van der Waals surface area contributed by atoms with Crippen LogP contribution < -0.4 is 10.1 Å². The molecule has 0 saturated carbocycles. The fourth-order valence-corrected chi connectivity index (χ4v) is 3.21. The van der Waals surface area contributed by atoms with E-state index in [4.69, 9.17) is 16.3 Å². The molecule has 0 heterocycles. The van der Waals surface area contributed by atoms with E-state index in [1.165, 1.54) is 35.6 Å². The topological polar surface area (TPSA) is 21.3 Å². The van der Waals surface area contributed by atoms with Gasteiger partial charge in [0, 0.05) is 17.1 Å². The van der Waals surface area contributed by atoms with Crippen LogP contribution in [0.25, 0.3) is 10.8 Å². The van der Waals surface area contributed by atoms with Crippen molar-refractivity contribution in [2.24, 2.45) is 0 Å². The summed E-state index contributed by atoms with van der Waals surface area (Å²) in [4.78, 5) is 0. The third-order valence-electron chi connectivity index (χ3n) is 4.56. The minimum atomic E-state index is 0. The molecule has 0 atom stereocenters. The highest BCUT2D eigenvalue weighted by atomic mass is 35.5. The minimum Gasteiger partial charge on any atom is -0.489 e. The Bertz CT molecular complexity index is 833. The summed E-state index contributed by atoms with van der Waals surface area (Å²) in [6.45, 7) is 4.63. The Morgan fingerprint density at radius 1 is 0.926 bits per heavy atom. The average molecular weight is 404 g/mol. The molecule has 0 aromatic heterocycles. The van der Waals surface area contributed by atoms with Crippen LogP contribution in [0.1, 0.15) is 37.3 Å². The monoisotopic (exact) mass is 403 g/mol. The molecule has 27 heavy (non-hydrogen) atoms. The van der Waals surface area contributed by atoms with E-state index in [9.17, 15) is 0 Å². The zero-order valence-corrected chi connectivity index (χ0v) is 17.3. The predicted molar refractivity (Wildman–Crippen MR) is 118 cm³/mol. The molecule has 0 fully saturated rings. The Balaban J connectivity index is 0.00000261. The van der Waals surface area contributed by atoms with E-state index < -0.39 is 0 Å². The molecule has 3 aromatic carbocycles. The number of ether oxygens (including phenoxy) is 1. The first-order valence-electron chi connectivity index (χ1n) is 9.36. The van der Waals surface area contributed by atoms with Crippen LogP contribution in [0.2, 0.25) is 5.02 Å². The van der Waals surface area contributed by atoms with Gasteiger partial charge in [0.05, 0.1) is 0 Å². The van der Waals surface area contributed by atoms with Crippen LogP contribution in [-0.2, 0) is 13.2 Å². The van der Waals surface area contributed by atoms with E-state index in [0.717, 1.165) is 29.4 Å². The molecule has 1 N–H and O–H groups in total. The summed E-state index contributed by atoms with van der Waals surface area (Å²) in [5.74, 6) is 0.946. The lowest BCUT2D eigenvalue weighted by molar-refractivity contribution is 0.302. The zero-order valence-electron chi connectivity index (χ0n) is 15.7. The molecular weight excluding hydrogens is 377 g/mol. The molecule has 0 spiro atoms. The maximum atomic E-state index is 6.17. The molecule has 0 amide bonds. The average Bonchev–Trinajstić information content (AvgIpc) is 2.68. The van der Waals surface area contributed by atoms with Crippen LogP contribution in [0.5, 0.6) is 5.75 Å². The number of benzene rings is 3. The van der Waals surface area contributed by atoms with Gasteiger partial charge < -0.3 is 10.1 Å². The van der Waals surface area contributed by atoms with Crippen LogP contribution >= 0.6 is 24.0 Å². The fourth-order valence-electron chi connectivity index (χ4n) is 3.09. The number of nitrogens with one attached hydrogen (secondary N) is 1. The number of fused-ring (bicyclic) bond motifs is 1. The second-order valence-corrected chi connectivity index (χ2v) is 7.00. The molecule has 144 valence electrons.